The molecular formula is C24H30N2O4. The Morgan fingerprint density at radius 1 is 1.23 bits per heavy atom. The number of ether oxygens (including phenoxy) is 1. The van der Waals surface area contributed by atoms with Crippen molar-refractivity contribution in [2.75, 3.05) is 13.2 Å². The third-order valence-electron chi connectivity index (χ3n) is 6.76. The van der Waals surface area contributed by atoms with E-state index in [0.717, 1.165) is 18.4 Å². The molecule has 1 N–H and O–H groups in total. The van der Waals surface area contributed by atoms with E-state index in [1.165, 1.54) is 0 Å². The van der Waals surface area contributed by atoms with Gasteiger partial charge in [0.05, 0.1) is 12.0 Å². The molecule has 1 aliphatic carbocycles. The number of benzene rings is 1. The van der Waals surface area contributed by atoms with E-state index in [4.69, 9.17) is 4.74 Å². The molecule has 3 atom stereocenters. The van der Waals surface area contributed by atoms with Crippen LogP contribution < -0.4 is 5.32 Å². The number of piperidine rings is 1. The van der Waals surface area contributed by atoms with E-state index in [-0.39, 0.29) is 23.6 Å². The maximum atomic E-state index is 13.9. The monoisotopic (exact) mass is 410 g/mol. The molecule has 1 spiro atoms. The Morgan fingerprint density at radius 3 is 2.70 bits per heavy atom. The minimum Gasteiger partial charge on any atom is -0.464 e. The van der Waals surface area contributed by atoms with Crippen LogP contribution in [-0.4, -0.2) is 41.8 Å². The van der Waals surface area contributed by atoms with Gasteiger partial charge < -0.3 is 15.0 Å². The van der Waals surface area contributed by atoms with Gasteiger partial charge in [-0.1, -0.05) is 43.7 Å². The molecule has 1 amide bonds. The van der Waals surface area contributed by atoms with Crippen LogP contribution in [0.15, 0.2) is 41.6 Å². The number of nitrogens with one attached hydrogen (secondary N) is 1. The minimum atomic E-state index is -0.817. The van der Waals surface area contributed by atoms with Crippen molar-refractivity contribution in [1.82, 2.24) is 10.2 Å². The quantitative estimate of drug-likeness (QED) is 0.730. The number of rotatable bonds is 6. The molecule has 160 valence electrons. The first-order valence-electron chi connectivity index (χ1n) is 11.0. The van der Waals surface area contributed by atoms with Crippen LogP contribution in [0.25, 0.3) is 0 Å². The summed E-state index contributed by atoms with van der Waals surface area (Å²) in [6.07, 6.45) is 2.97. The number of ketones is 1. The van der Waals surface area contributed by atoms with Gasteiger partial charge in [-0.25, -0.2) is 4.79 Å². The lowest BCUT2D eigenvalue weighted by molar-refractivity contribution is -0.151. The molecule has 6 nitrogen and oxygen atoms in total. The van der Waals surface area contributed by atoms with Crippen molar-refractivity contribution in [3.63, 3.8) is 0 Å². The van der Waals surface area contributed by atoms with E-state index in [0.29, 0.717) is 50.2 Å². The van der Waals surface area contributed by atoms with Crippen LogP contribution in [0.2, 0.25) is 0 Å². The summed E-state index contributed by atoms with van der Waals surface area (Å²) >= 11 is 0. The Morgan fingerprint density at radius 2 is 2.00 bits per heavy atom. The number of Topliss-reactive ketones (excluding diaryl/α,β-unsaturated/α-hetero) is 1. The van der Waals surface area contributed by atoms with E-state index in [1.54, 1.807) is 6.92 Å². The van der Waals surface area contributed by atoms with Crippen molar-refractivity contribution in [3.05, 3.63) is 47.2 Å². The molecule has 1 aromatic carbocycles. The van der Waals surface area contributed by atoms with Crippen LogP contribution in [-0.2, 0) is 25.7 Å². The molecular weight excluding hydrogens is 380 g/mol. The fraction of sp³-hybridized carbons (Fsp3) is 0.542. The second-order valence-electron chi connectivity index (χ2n) is 8.55. The number of likely N-dealkylation sites (tertiary alicyclic amines) is 1. The summed E-state index contributed by atoms with van der Waals surface area (Å²) in [4.78, 5) is 41.3. The Labute approximate surface area is 177 Å². The molecule has 0 bridgehead atoms. The number of amides is 1. The fourth-order valence-corrected chi connectivity index (χ4v) is 5.43. The van der Waals surface area contributed by atoms with Gasteiger partial charge in [-0.05, 0) is 37.7 Å². The summed E-state index contributed by atoms with van der Waals surface area (Å²) in [6.45, 7) is 5.28. The summed E-state index contributed by atoms with van der Waals surface area (Å²) < 4.78 is 5.25. The fourth-order valence-electron chi connectivity index (χ4n) is 5.43. The number of carbonyl (C=O) groups excluding carboxylic acids is 3. The lowest BCUT2D eigenvalue weighted by atomic mass is 9.60. The third-order valence-corrected chi connectivity index (χ3v) is 6.76. The van der Waals surface area contributed by atoms with Gasteiger partial charge in [-0.3, -0.25) is 9.59 Å². The third kappa shape index (κ3) is 3.32. The van der Waals surface area contributed by atoms with Gasteiger partial charge in [0.15, 0.2) is 5.78 Å². The van der Waals surface area contributed by atoms with Gasteiger partial charge in [-0.2, -0.15) is 0 Å². The average Bonchev–Trinajstić information content (AvgIpc) is 3.15. The number of hydrogen-bond donors (Lipinski definition) is 1. The SMILES string of the molecule is CCCC1=C2N[C@@H](C(=O)OCC)C[C@@]23C(=O)N(Cc2ccccc2)CC[C@H]3CC1=O. The van der Waals surface area contributed by atoms with Crippen LogP contribution in [0.3, 0.4) is 0 Å². The number of allylic oxidation sites excluding steroid dienone is 1. The zero-order valence-corrected chi connectivity index (χ0v) is 17.8. The highest BCUT2D eigenvalue weighted by molar-refractivity contribution is 6.02. The van der Waals surface area contributed by atoms with Crippen molar-refractivity contribution in [2.24, 2.45) is 11.3 Å². The Kier molecular flexibility index (Phi) is 5.67. The van der Waals surface area contributed by atoms with E-state index >= 15 is 0 Å². The summed E-state index contributed by atoms with van der Waals surface area (Å²) in [5, 5.41) is 3.28. The normalized spacial score (nSPS) is 28.1. The maximum Gasteiger partial charge on any atom is 0.328 e. The van der Waals surface area contributed by atoms with Gasteiger partial charge in [-0.15, -0.1) is 0 Å². The number of carbonyl (C=O) groups is 3. The van der Waals surface area contributed by atoms with Gasteiger partial charge in [0, 0.05) is 30.8 Å². The summed E-state index contributed by atoms with van der Waals surface area (Å²) in [5.74, 6) is -0.248. The molecule has 0 saturated carbocycles. The van der Waals surface area contributed by atoms with Crippen molar-refractivity contribution in [2.45, 2.75) is 58.5 Å². The van der Waals surface area contributed by atoms with Crippen LogP contribution in [0.4, 0.5) is 0 Å². The van der Waals surface area contributed by atoms with Gasteiger partial charge in [0.2, 0.25) is 5.91 Å². The maximum absolute atomic E-state index is 13.9. The lowest BCUT2D eigenvalue weighted by Crippen LogP contribution is -2.56. The van der Waals surface area contributed by atoms with Crippen molar-refractivity contribution in [3.8, 4) is 0 Å². The molecule has 0 aromatic heterocycles. The zero-order valence-electron chi connectivity index (χ0n) is 17.8. The largest absolute Gasteiger partial charge is 0.464 e. The average molecular weight is 411 g/mol. The first-order valence-corrected chi connectivity index (χ1v) is 11.0. The molecule has 2 aliphatic heterocycles. The Hall–Kier alpha value is -2.63. The molecule has 30 heavy (non-hydrogen) atoms. The smallest absolute Gasteiger partial charge is 0.328 e. The van der Waals surface area contributed by atoms with Gasteiger partial charge >= 0.3 is 5.97 Å². The van der Waals surface area contributed by atoms with E-state index in [9.17, 15) is 14.4 Å². The first-order chi connectivity index (χ1) is 14.5. The second kappa shape index (κ2) is 8.25. The predicted octanol–water partition coefficient (Wildman–Crippen LogP) is 2.97. The molecule has 0 unspecified atom stereocenters. The molecule has 2 fully saturated rings. The van der Waals surface area contributed by atoms with Crippen molar-refractivity contribution < 1.29 is 19.1 Å². The van der Waals surface area contributed by atoms with Crippen LogP contribution in [0.5, 0.6) is 0 Å². The van der Waals surface area contributed by atoms with E-state index < -0.39 is 11.5 Å². The standard InChI is InChI=1S/C24H30N2O4/c1-3-8-18-20(27)13-17-11-12-26(15-16-9-6-5-7-10-16)23(29)24(17)14-19(25-21(18)24)22(28)30-4-2/h5-7,9-10,17,19,25H,3-4,8,11-15H2,1-2H3/t17-,19+,24-/m0/s1. The van der Waals surface area contributed by atoms with Crippen LogP contribution in [0, 0.1) is 11.3 Å². The van der Waals surface area contributed by atoms with Crippen LogP contribution in [0.1, 0.15) is 51.5 Å². The highest BCUT2D eigenvalue weighted by Crippen LogP contribution is 2.55. The first kappa shape index (κ1) is 20.6. The van der Waals surface area contributed by atoms with Gasteiger partial charge in [0.1, 0.15) is 6.04 Å². The summed E-state index contributed by atoms with van der Waals surface area (Å²) in [6, 6.07) is 9.38. The molecule has 1 aromatic rings. The predicted molar refractivity (Wildman–Crippen MR) is 112 cm³/mol. The molecule has 0 radical (unpaired) electrons. The Balaban J connectivity index is 1.73. The summed E-state index contributed by atoms with van der Waals surface area (Å²) in [5.41, 5.74) is 1.67. The summed E-state index contributed by atoms with van der Waals surface area (Å²) in [7, 11) is 0. The molecule has 4 rings (SSSR count). The second-order valence-corrected chi connectivity index (χ2v) is 8.55. The van der Waals surface area contributed by atoms with Crippen LogP contribution >= 0.6 is 0 Å². The number of hydrogen-bond acceptors (Lipinski definition) is 5. The van der Waals surface area contributed by atoms with Crippen molar-refractivity contribution in [1.29, 1.82) is 0 Å². The molecule has 2 saturated heterocycles. The minimum absolute atomic E-state index is 0.0398. The molecule has 6 heteroatoms. The lowest BCUT2D eigenvalue weighted by Gasteiger charge is -2.48. The molecule has 3 aliphatic rings. The highest BCUT2D eigenvalue weighted by atomic mass is 16.5. The number of esters is 1. The highest BCUT2D eigenvalue weighted by Gasteiger charge is 2.62. The van der Waals surface area contributed by atoms with E-state index in [1.807, 2.05) is 42.2 Å². The molecule has 2 heterocycles. The zero-order chi connectivity index (χ0) is 21.3. The Bertz CT molecular complexity index is 878. The van der Waals surface area contributed by atoms with Crippen molar-refractivity contribution >= 4 is 17.7 Å². The number of nitrogens with zero attached hydrogens (tertiary/aromatic N) is 1. The van der Waals surface area contributed by atoms with Gasteiger partial charge in [0.25, 0.3) is 0 Å². The van der Waals surface area contributed by atoms with E-state index in [2.05, 4.69) is 5.32 Å². The topological polar surface area (TPSA) is 75.7 Å².